The van der Waals surface area contributed by atoms with Gasteiger partial charge in [0.05, 0.1) is 4.90 Å². The molecule has 3 nitrogen and oxygen atoms in total. The van der Waals surface area contributed by atoms with Crippen LogP contribution >= 0.6 is 0 Å². The standard InChI is InChI=1S/C14H13F2NO2S/c1-10(11-5-7-12(15)8-6-11)17-20(18,19)14-4-2-3-13(16)9-14/h2-10,17H,1H3. The lowest BCUT2D eigenvalue weighted by molar-refractivity contribution is 0.563. The van der Waals surface area contributed by atoms with Crippen molar-refractivity contribution in [2.45, 2.75) is 17.9 Å². The van der Waals surface area contributed by atoms with Crippen LogP contribution in [0.1, 0.15) is 18.5 Å². The predicted octanol–water partition coefficient (Wildman–Crippen LogP) is 3.00. The molecule has 0 aliphatic heterocycles. The van der Waals surface area contributed by atoms with Crippen molar-refractivity contribution in [2.75, 3.05) is 0 Å². The van der Waals surface area contributed by atoms with Gasteiger partial charge in [-0.1, -0.05) is 18.2 Å². The van der Waals surface area contributed by atoms with Gasteiger partial charge in [0.15, 0.2) is 0 Å². The molecule has 2 aromatic carbocycles. The Balaban J connectivity index is 2.22. The molecule has 0 spiro atoms. The molecule has 6 heteroatoms. The van der Waals surface area contributed by atoms with Crippen molar-refractivity contribution < 1.29 is 17.2 Å². The molecule has 0 saturated carbocycles. The average molecular weight is 297 g/mol. The van der Waals surface area contributed by atoms with Crippen LogP contribution in [0.5, 0.6) is 0 Å². The molecule has 2 rings (SSSR count). The van der Waals surface area contributed by atoms with E-state index in [0.717, 1.165) is 6.07 Å². The zero-order valence-corrected chi connectivity index (χ0v) is 11.5. The van der Waals surface area contributed by atoms with Gasteiger partial charge in [0.2, 0.25) is 10.0 Å². The molecule has 1 unspecified atom stereocenters. The molecule has 1 N–H and O–H groups in total. The van der Waals surface area contributed by atoms with E-state index in [1.165, 1.54) is 42.5 Å². The second-order valence-electron chi connectivity index (χ2n) is 4.35. The van der Waals surface area contributed by atoms with Crippen LogP contribution in [0.25, 0.3) is 0 Å². The minimum absolute atomic E-state index is 0.147. The third-order valence-corrected chi connectivity index (χ3v) is 4.35. The van der Waals surface area contributed by atoms with Crippen molar-refractivity contribution in [3.8, 4) is 0 Å². The molecule has 0 saturated heterocycles. The molecule has 2 aromatic rings. The van der Waals surface area contributed by atoms with E-state index in [-0.39, 0.29) is 4.90 Å². The molecule has 1 atom stereocenters. The van der Waals surface area contributed by atoms with E-state index < -0.39 is 27.7 Å². The summed E-state index contributed by atoms with van der Waals surface area (Å²) >= 11 is 0. The Kier molecular flexibility index (Phi) is 4.15. The summed E-state index contributed by atoms with van der Waals surface area (Å²) in [5.41, 5.74) is 0.617. The quantitative estimate of drug-likeness (QED) is 0.943. The molecule has 0 amide bonds. The van der Waals surface area contributed by atoms with Gasteiger partial charge >= 0.3 is 0 Å². The van der Waals surface area contributed by atoms with Gasteiger partial charge in [-0.3, -0.25) is 0 Å². The van der Waals surface area contributed by atoms with Crippen LogP contribution in [0.15, 0.2) is 53.4 Å². The fourth-order valence-corrected chi connectivity index (χ4v) is 3.02. The number of rotatable bonds is 4. The fraction of sp³-hybridized carbons (Fsp3) is 0.143. The molecule has 0 aromatic heterocycles. The first-order valence-corrected chi connectivity index (χ1v) is 7.40. The SMILES string of the molecule is CC(NS(=O)(=O)c1cccc(F)c1)c1ccc(F)cc1. The van der Waals surface area contributed by atoms with Crippen LogP contribution in [-0.2, 0) is 10.0 Å². The van der Waals surface area contributed by atoms with Gasteiger partial charge in [-0.15, -0.1) is 0 Å². The summed E-state index contributed by atoms with van der Waals surface area (Å²) in [6.45, 7) is 1.63. The minimum Gasteiger partial charge on any atom is -0.207 e. The van der Waals surface area contributed by atoms with Gasteiger partial charge in [-0.25, -0.2) is 21.9 Å². The van der Waals surface area contributed by atoms with Crippen LogP contribution in [0.4, 0.5) is 8.78 Å². The van der Waals surface area contributed by atoms with E-state index >= 15 is 0 Å². The maximum Gasteiger partial charge on any atom is 0.241 e. The summed E-state index contributed by atoms with van der Waals surface area (Å²) in [6, 6.07) is 9.69. The number of nitrogens with one attached hydrogen (secondary N) is 1. The van der Waals surface area contributed by atoms with Gasteiger partial charge in [0.1, 0.15) is 11.6 Å². The molecular weight excluding hydrogens is 284 g/mol. The largest absolute Gasteiger partial charge is 0.241 e. The molecule has 0 fully saturated rings. The molecule has 0 aliphatic rings. The van der Waals surface area contributed by atoms with Gasteiger partial charge < -0.3 is 0 Å². The third kappa shape index (κ3) is 3.40. The highest BCUT2D eigenvalue weighted by Crippen LogP contribution is 2.17. The highest BCUT2D eigenvalue weighted by molar-refractivity contribution is 7.89. The number of hydrogen-bond acceptors (Lipinski definition) is 2. The summed E-state index contributed by atoms with van der Waals surface area (Å²) < 4.78 is 52.5. The topological polar surface area (TPSA) is 46.2 Å². The van der Waals surface area contributed by atoms with Crippen molar-refractivity contribution >= 4 is 10.0 Å². The monoisotopic (exact) mass is 297 g/mol. The first kappa shape index (κ1) is 14.6. The average Bonchev–Trinajstić information content (AvgIpc) is 2.39. The van der Waals surface area contributed by atoms with Crippen LogP contribution < -0.4 is 4.72 Å². The zero-order chi connectivity index (χ0) is 14.8. The number of halogens is 2. The van der Waals surface area contributed by atoms with Crippen molar-refractivity contribution in [2.24, 2.45) is 0 Å². The van der Waals surface area contributed by atoms with E-state index in [2.05, 4.69) is 4.72 Å². The summed E-state index contributed by atoms with van der Waals surface area (Å²) in [7, 11) is -3.82. The number of benzene rings is 2. The number of sulfonamides is 1. The molecule has 0 radical (unpaired) electrons. The fourth-order valence-electron chi connectivity index (χ4n) is 1.75. The summed E-state index contributed by atoms with van der Waals surface area (Å²) in [4.78, 5) is -0.147. The van der Waals surface area contributed by atoms with Crippen molar-refractivity contribution in [1.29, 1.82) is 0 Å². The smallest absolute Gasteiger partial charge is 0.207 e. The van der Waals surface area contributed by atoms with Gasteiger partial charge in [0.25, 0.3) is 0 Å². The molecule has 0 heterocycles. The Hall–Kier alpha value is -1.79. The van der Waals surface area contributed by atoms with E-state index in [0.29, 0.717) is 5.56 Å². The zero-order valence-electron chi connectivity index (χ0n) is 10.7. The van der Waals surface area contributed by atoms with Gasteiger partial charge in [-0.05, 0) is 42.8 Å². The first-order chi connectivity index (χ1) is 9.38. The number of hydrogen-bond donors (Lipinski definition) is 1. The van der Waals surface area contributed by atoms with E-state index in [1.54, 1.807) is 6.92 Å². The lowest BCUT2D eigenvalue weighted by Gasteiger charge is -2.14. The van der Waals surface area contributed by atoms with E-state index in [9.17, 15) is 17.2 Å². The molecule has 106 valence electrons. The Labute approximate surface area is 116 Å². The van der Waals surface area contributed by atoms with Crippen molar-refractivity contribution in [3.63, 3.8) is 0 Å². The lowest BCUT2D eigenvalue weighted by atomic mass is 10.1. The van der Waals surface area contributed by atoms with Gasteiger partial charge in [0, 0.05) is 6.04 Å². The Morgan fingerprint density at radius 2 is 1.65 bits per heavy atom. The summed E-state index contributed by atoms with van der Waals surface area (Å²) in [5, 5.41) is 0. The van der Waals surface area contributed by atoms with Crippen LogP contribution in [-0.4, -0.2) is 8.42 Å². The molecule has 0 bridgehead atoms. The molecule has 0 aliphatic carbocycles. The van der Waals surface area contributed by atoms with Crippen LogP contribution in [0.3, 0.4) is 0 Å². The van der Waals surface area contributed by atoms with E-state index in [1.807, 2.05) is 0 Å². The van der Waals surface area contributed by atoms with E-state index in [4.69, 9.17) is 0 Å². The molecular formula is C14H13F2NO2S. The summed E-state index contributed by atoms with van der Waals surface area (Å²) in [5.74, 6) is -1.02. The Morgan fingerprint density at radius 3 is 2.25 bits per heavy atom. The Morgan fingerprint density at radius 1 is 1.00 bits per heavy atom. The maximum atomic E-state index is 13.1. The maximum absolute atomic E-state index is 13.1. The third-order valence-electron chi connectivity index (χ3n) is 2.81. The second-order valence-corrected chi connectivity index (χ2v) is 6.07. The first-order valence-electron chi connectivity index (χ1n) is 5.92. The normalized spacial score (nSPS) is 13.2. The Bertz CT molecular complexity index is 699. The second kappa shape index (κ2) is 5.68. The highest BCUT2D eigenvalue weighted by atomic mass is 32.2. The highest BCUT2D eigenvalue weighted by Gasteiger charge is 2.18. The molecule has 20 heavy (non-hydrogen) atoms. The van der Waals surface area contributed by atoms with Crippen molar-refractivity contribution in [1.82, 2.24) is 4.72 Å². The lowest BCUT2D eigenvalue weighted by Crippen LogP contribution is -2.27. The van der Waals surface area contributed by atoms with Crippen molar-refractivity contribution in [3.05, 3.63) is 65.7 Å². The predicted molar refractivity (Wildman–Crippen MR) is 71.5 cm³/mol. The summed E-state index contributed by atoms with van der Waals surface area (Å²) in [6.07, 6.45) is 0. The van der Waals surface area contributed by atoms with Crippen LogP contribution in [0.2, 0.25) is 0 Å². The van der Waals surface area contributed by atoms with Crippen LogP contribution in [0, 0.1) is 11.6 Å². The van der Waals surface area contributed by atoms with Gasteiger partial charge in [-0.2, -0.15) is 0 Å². The minimum atomic E-state index is -3.82.